The summed E-state index contributed by atoms with van der Waals surface area (Å²) in [6, 6.07) is 25.2. The second kappa shape index (κ2) is 12.3. The van der Waals surface area contributed by atoms with Crippen LogP contribution in [0.5, 0.6) is 5.75 Å². The van der Waals surface area contributed by atoms with Gasteiger partial charge in [0.1, 0.15) is 11.6 Å². The number of halogens is 1. The molecular weight excluding hydrogens is 493 g/mol. The molecule has 5 rings (SSSR count). The van der Waals surface area contributed by atoms with Crippen molar-refractivity contribution in [3.05, 3.63) is 125 Å². The van der Waals surface area contributed by atoms with Crippen molar-refractivity contribution in [2.45, 2.75) is 32.4 Å². The zero-order valence-electron chi connectivity index (χ0n) is 21.6. The molecule has 0 saturated carbocycles. The zero-order valence-corrected chi connectivity index (χ0v) is 21.6. The van der Waals surface area contributed by atoms with Crippen LogP contribution in [-0.4, -0.2) is 34.8 Å². The number of aromatic nitrogens is 1. The lowest BCUT2D eigenvalue weighted by Gasteiger charge is -2.24. The smallest absolute Gasteiger partial charge is 0.254 e. The lowest BCUT2D eigenvalue weighted by atomic mass is 10.1. The van der Waals surface area contributed by atoms with E-state index in [9.17, 15) is 14.0 Å². The van der Waals surface area contributed by atoms with Crippen molar-refractivity contribution >= 4 is 17.5 Å². The van der Waals surface area contributed by atoms with Crippen LogP contribution in [0.1, 0.15) is 39.9 Å². The van der Waals surface area contributed by atoms with Gasteiger partial charge in [-0.2, -0.15) is 0 Å². The summed E-state index contributed by atoms with van der Waals surface area (Å²) in [5, 5.41) is 0. The highest BCUT2D eigenvalue weighted by Crippen LogP contribution is 2.23. The predicted molar refractivity (Wildman–Crippen MR) is 148 cm³/mol. The maximum atomic E-state index is 13.7. The van der Waals surface area contributed by atoms with Crippen LogP contribution in [0.25, 0.3) is 0 Å². The number of rotatable bonds is 10. The Kier molecular flexibility index (Phi) is 8.26. The minimum absolute atomic E-state index is 0.103. The fourth-order valence-electron chi connectivity index (χ4n) is 4.69. The van der Waals surface area contributed by atoms with Crippen LogP contribution >= 0.6 is 0 Å². The first-order chi connectivity index (χ1) is 19.0. The maximum Gasteiger partial charge on any atom is 0.254 e. The second-order valence-corrected chi connectivity index (χ2v) is 9.58. The first-order valence-electron chi connectivity index (χ1n) is 13.1. The molecular formula is C32H30FN3O3. The number of carbonyl (C=O) groups excluding carboxylic acids is 2. The van der Waals surface area contributed by atoms with Crippen LogP contribution < -0.4 is 9.64 Å². The largest absolute Gasteiger partial charge is 0.493 e. The van der Waals surface area contributed by atoms with Crippen LogP contribution in [0.15, 0.2) is 97.3 Å². The Bertz CT molecular complexity index is 1410. The summed E-state index contributed by atoms with van der Waals surface area (Å²) in [5.41, 5.74) is 4.30. The summed E-state index contributed by atoms with van der Waals surface area (Å²) < 4.78 is 19.1. The summed E-state index contributed by atoms with van der Waals surface area (Å²) in [5.74, 6) is 0.475. The van der Waals surface area contributed by atoms with Gasteiger partial charge >= 0.3 is 0 Å². The van der Waals surface area contributed by atoms with Gasteiger partial charge < -0.3 is 14.5 Å². The Balaban J connectivity index is 1.29. The van der Waals surface area contributed by atoms with E-state index >= 15 is 0 Å². The molecule has 0 atom stereocenters. The van der Waals surface area contributed by atoms with Gasteiger partial charge in [0, 0.05) is 56.1 Å². The van der Waals surface area contributed by atoms with E-state index in [2.05, 4.69) is 4.98 Å². The van der Waals surface area contributed by atoms with Crippen molar-refractivity contribution in [1.29, 1.82) is 0 Å². The van der Waals surface area contributed by atoms with Crippen LogP contribution in [0.3, 0.4) is 0 Å². The Morgan fingerprint density at radius 3 is 2.36 bits per heavy atom. The second-order valence-electron chi connectivity index (χ2n) is 9.58. The van der Waals surface area contributed by atoms with E-state index in [1.54, 1.807) is 46.5 Å². The molecule has 1 aliphatic rings. The average Bonchev–Trinajstić information content (AvgIpc) is 3.40. The molecule has 7 heteroatoms. The van der Waals surface area contributed by atoms with E-state index in [0.29, 0.717) is 50.4 Å². The molecule has 0 spiro atoms. The summed E-state index contributed by atoms with van der Waals surface area (Å²) >= 11 is 0. The van der Waals surface area contributed by atoms with E-state index in [1.807, 2.05) is 48.5 Å². The molecule has 3 aromatic carbocycles. The Hall–Kier alpha value is -4.52. The van der Waals surface area contributed by atoms with Gasteiger partial charge in [0.2, 0.25) is 5.91 Å². The number of ether oxygens (including phenoxy) is 1. The van der Waals surface area contributed by atoms with Gasteiger partial charge in [0.25, 0.3) is 5.91 Å². The molecule has 0 aliphatic carbocycles. The highest BCUT2D eigenvalue weighted by atomic mass is 19.1. The van der Waals surface area contributed by atoms with Gasteiger partial charge in [-0.25, -0.2) is 4.39 Å². The van der Waals surface area contributed by atoms with Gasteiger partial charge in [0.05, 0.1) is 6.61 Å². The molecule has 198 valence electrons. The summed E-state index contributed by atoms with van der Waals surface area (Å²) in [7, 11) is 0. The molecule has 2 heterocycles. The van der Waals surface area contributed by atoms with Crippen LogP contribution in [0.2, 0.25) is 0 Å². The van der Waals surface area contributed by atoms with Gasteiger partial charge in [-0.05, 0) is 83.8 Å². The fraction of sp³-hybridized carbons (Fsp3) is 0.219. The Morgan fingerprint density at radius 2 is 1.64 bits per heavy atom. The molecule has 0 unspecified atom stereocenters. The van der Waals surface area contributed by atoms with Crippen molar-refractivity contribution in [2.24, 2.45) is 0 Å². The summed E-state index contributed by atoms with van der Waals surface area (Å²) in [6.45, 7) is 1.98. The van der Waals surface area contributed by atoms with Gasteiger partial charge in [0.15, 0.2) is 0 Å². The SMILES string of the molecule is O=C(c1ccc(N2CCCC2=O)cc1)N(Cc1ccncc1)Cc1cccc(OCCc2ccc(F)cc2)c1. The number of hydrogen-bond acceptors (Lipinski definition) is 4. The van der Waals surface area contributed by atoms with Gasteiger partial charge in [-0.1, -0.05) is 24.3 Å². The van der Waals surface area contributed by atoms with E-state index in [-0.39, 0.29) is 17.6 Å². The average molecular weight is 524 g/mol. The van der Waals surface area contributed by atoms with Crippen molar-refractivity contribution in [2.75, 3.05) is 18.1 Å². The molecule has 6 nitrogen and oxygen atoms in total. The van der Waals surface area contributed by atoms with Crippen molar-refractivity contribution in [3.63, 3.8) is 0 Å². The standard InChI is InChI=1S/C32H30FN3O3/c33-28-10-6-24(7-11-28)16-20-39-30-4-1-3-26(21-30)23-35(22-25-14-17-34-18-15-25)32(38)27-8-12-29(13-9-27)36-19-2-5-31(36)37/h1,3-4,6-15,17-18,21H,2,5,16,19-20,22-23H2. The Morgan fingerprint density at radius 1 is 0.897 bits per heavy atom. The number of anilines is 1. The summed E-state index contributed by atoms with van der Waals surface area (Å²) in [6.07, 6.45) is 5.52. The minimum atomic E-state index is -0.254. The Labute approximate surface area is 227 Å². The lowest BCUT2D eigenvalue weighted by Crippen LogP contribution is -2.30. The molecule has 0 N–H and O–H groups in total. The maximum absolute atomic E-state index is 13.7. The number of amides is 2. The zero-order chi connectivity index (χ0) is 27.0. The van der Waals surface area contributed by atoms with Crippen molar-refractivity contribution in [1.82, 2.24) is 9.88 Å². The lowest BCUT2D eigenvalue weighted by molar-refractivity contribution is -0.117. The number of carbonyl (C=O) groups is 2. The van der Waals surface area contributed by atoms with Gasteiger partial charge in [-0.3, -0.25) is 14.6 Å². The van der Waals surface area contributed by atoms with Crippen LogP contribution in [0.4, 0.5) is 10.1 Å². The highest BCUT2D eigenvalue weighted by molar-refractivity contribution is 5.97. The minimum Gasteiger partial charge on any atom is -0.493 e. The van der Waals surface area contributed by atoms with Crippen molar-refractivity contribution in [3.8, 4) is 5.75 Å². The molecule has 39 heavy (non-hydrogen) atoms. The molecule has 4 aromatic rings. The molecule has 0 radical (unpaired) electrons. The molecule has 2 amide bonds. The van der Waals surface area contributed by atoms with E-state index in [1.165, 1.54) is 12.1 Å². The number of nitrogens with zero attached hydrogens (tertiary/aromatic N) is 3. The molecule has 1 fully saturated rings. The monoisotopic (exact) mass is 523 g/mol. The number of benzene rings is 3. The third kappa shape index (κ3) is 6.87. The summed E-state index contributed by atoms with van der Waals surface area (Å²) in [4.78, 5) is 33.4. The fourth-order valence-corrected chi connectivity index (χ4v) is 4.69. The van der Waals surface area contributed by atoms with Crippen LogP contribution in [0, 0.1) is 5.82 Å². The van der Waals surface area contributed by atoms with E-state index in [0.717, 1.165) is 28.8 Å². The normalized spacial score (nSPS) is 12.9. The number of hydrogen-bond donors (Lipinski definition) is 0. The third-order valence-corrected chi connectivity index (χ3v) is 6.75. The van der Waals surface area contributed by atoms with Crippen LogP contribution in [-0.2, 0) is 24.3 Å². The highest BCUT2D eigenvalue weighted by Gasteiger charge is 2.23. The first kappa shape index (κ1) is 26.1. The first-order valence-corrected chi connectivity index (χ1v) is 13.1. The predicted octanol–water partition coefficient (Wildman–Crippen LogP) is 5.81. The third-order valence-electron chi connectivity index (χ3n) is 6.75. The van der Waals surface area contributed by atoms with Gasteiger partial charge in [-0.15, -0.1) is 0 Å². The molecule has 0 bridgehead atoms. The van der Waals surface area contributed by atoms with E-state index < -0.39 is 0 Å². The molecule has 1 aliphatic heterocycles. The molecule has 1 aromatic heterocycles. The van der Waals surface area contributed by atoms with E-state index in [4.69, 9.17) is 4.74 Å². The molecule has 1 saturated heterocycles. The quantitative estimate of drug-likeness (QED) is 0.263. The van der Waals surface area contributed by atoms with Crippen molar-refractivity contribution < 1.29 is 18.7 Å². The number of pyridine rings is 1. The topological polar surface area (TPSA) is 62.7 Å².